The SMILES string of the molecule is BC(O)(O)C(B)(B)c1nc2ccccc2n1-c1ccc2cc(-c3c4ccccc4c(-c4ccc5oc6ccccc6c5c4)c4ccccc34)ccc2c1. The van der Waals surface area contributed by atoms with Crippen LogP contribution < -0.4 is 0 Å². The molecule has 0 aliphatic rings. The van der Waals surface area contributed by atoms with E-state index in [1.807, 2.05) is 52.1 Å². The molecule has 0 amide bonds. The predicted molar refractivity (Wildman–Crippen MR) is 226 cm³/mol. The summed E-state index contributed by atoms with van der Waals surface area (Å²) in [5, 5.41) is 29.8. The number of benzene rings is 8. The van der Waals surface area contributed by atoms with Crippen LogP contribution in [0.5, 0.6) is 0 Å². The highest BCUT2D eigenvalue weighted by Gasteiger charge is 2.42. The quantitative estimate of drug-likeness (QED) is 0.113. The minimum atomic E-state index is -1.99. The van der Waals surface area contributed by atoms with Gasteiger partial charge < -0.3 is 14.6 Å². The summed E-state index contributed by atoms with van der Waals surface area (Å²) in [6.45, 7) is 0. The van der Waals surface area contributed by atoms with Gasteiger partial charge in [0, 0.05) is 21.7 Å². The molecule has 53 heavy (non-hydrogen) atoms. The standard InChI is InChI=1S/C45H33B3N2O3/c46-44(47,45(48,51)52)43-49-37-14-6-7-15-38(37)50(43)30-21-19-26-23-28(18-17-27(26)24-30)41-32-10-1-3-12-34(32)42(35-13-4-2-11-33(35)41)29-20-22-40-36(25-29)31-9-5-8-16-39(31)53-40/h1-25,51-52H,46-48H2. The van der Waals surface area contributed by atoms with Gasteiger partial charge in [-0.1, -0.05) is 103 Å². The van der Waals surface area contributed by atoms with Crippen LogP contribution in [0, 0.1) is 0 Å². The molecule has 2 N–H and O–H groups in total. The number of rotatable bonds is 5. The average Bonchev–Trinajstić information content (AvgIpc) is 3.75. The first-order valence-electron chi connectivity index (χ1n) is 18.0. The van der Waals surface area contributed by atoms with Gasteiger partial charge in [0.05, 0.1) is 11.0 Å². The lowest BCUT2D eigenvalue weighted by molar-refractivity contribution is -0.100. The second-order valence-corrected chi connectivity index (χ2v) is 14.8. The van der Waals surface area contributed by atoms with E-state index in [1.54, 1.807) is 0 Å². The zero-order valence-electron chi connectivity index (χ0n) is 29.6. The fraction of sp³-hybridized carbons (Fsp3) is 0.0444. The first kappa shape index (κ1) is 31.6. The summed E-state index contributed by atoms with van der Waals surface area (Å²) in [7, 11) is 5.05. The zero-order chi connectivity index (χ0) is 36.1. The van der Waals surface area contributed by atoms with Gasteiger partial charge in [-0.2, -0.15) is 0 Å². The van der Waals surface area contributed by atoms with Crippen molar-refractivity contribution in [2.75, 3.05) is 0 Å². The van der Waals surface area contributed by atoms with Crippen molar-refractivity contribution in [2.24, 2.45) is 0 Å². The molecule has 8 heteroatoms. The zero-order valence-corrected chi connectivity index (χ0v) is 29.6. The van der Waals surface area contributed by atoms with E-state index in [1.165, 1.54) is 40.5 Å². The second-order valence-electron chi connectivity index (χ2n) is 14.8. The highest BCUT2D eigenvalue weighted by molar-refractivity contribution is 6.44. The van der Waals surface area contributed by atoms with E-state index in [0.29, 0.717) is 5.82 Å². The smallest absolute Gasteiger partial charge is 0.177 e. The van der Waals surface area contributed by atoms with Crippen LogP contribution >= 0.6 is 0 Å². The van der Waals surface area contributed by atoms with E-state index < -0.39 is 10.9 Å². The third-order valence-corrected chi connectivity index (χ3v) is 11.3. The lowest BCUT2D eigenvalue weighted by atomic mass is 9.45. The Kier molecular flexibility index (Phi) is 6.84. The number of hydrogen-bond acceptors (Lipinski definition) is 4. The monoisotopic (exact) mass is 682 g/mol. The van der Waals surface area contributed by atoms with Crippen molar-refractivity contribution in [2.45, 2.75) is 10.9 Å². The molecule has 5 nitrogen and oxygen atoms in total. The molecule has 10 aromatic rings. The van der Waals surface area contributed by atoms with E-state index in [4.69, 9.17) is 9.40 Å². The van der Waals surface area contributed by atoms with Crippen molar-refractivity contribution in [3.8, 4) is 27.9 Å². The minimum absolute atomic E-state index is 0.584. The van der Waals surface area contributed by atoms with E-state index >= 15 is 0 Å². The van der Waals surface area contributed by atoms with Crippen LogP contribution in [-0.2, 0) is 5.21 Å². The van der Waals surface area contributed by atoms with Gasteiger partial charge in [0.25, 0.3) is 0 Å². The molecule has 0 fully saturated rings. The van der Waals surface area contributed by atoms with Crippen molar-refractivity contribution < 1.29 is 14.6 Å². The van der Waals surface area contributed by atoms with Gasteiger partial charge in [0.15, 0.2) is 7.85 Å². The number of aliphatic hydroxyl groups is 2. The lowest BCUT2D eigenvalue weighted by Crippen LogP contribution is -2.54. The highest BCUT2D eigenvalue weighted by Crippen LogP contribution is 2.45. The molecule has 250 valence electrons. The summed E-state index contributed by atoms with van der Waals surface area (Å²) in [6.07, 6.45) is 0. The molecule has 10 rings (SSSR count). The largest absolute Gasteiger partial charge is 0.456 e. The Morgan fingerprint density at radius 3 is 1.72 bits per heavy atom. The highest BCUT2D eigenvalue weighted by atomic mass is 16.5. The van der Waals surface area contributed by atoms with Gasteiger partial charge in [-0.25, -0.2) is 4.98 Å². The number of imidazole rings is 1. The molecule has 8 aromatic carbocycles. The topological polar surface area (TPSA) is 71.4 Å². The third-order valence-electron chi connectivity index (χ3n) is 11.3. The van der Waals surface area contributed by atoms with Crippen LogP contribution in [0.4, 0.5) is 0 Å². The van der Waals surface area contributed by atoms with Crippen LogP contribution in [0.15, 0.2) is 156 Å². The maximum Gasteiger partial charge on any atom is 0.177 e. The summed E-state index contributed by atoms with van der Waals surface area (Å²) in [5.74, 6) is 0.584. The molecule has 0 unspecified atom stereocenters. The summed E-state index contributed by atoms with van der Waals surface area (Å²) in [6, 6.07) is 53.3. The summed E-state index contributed by atoms with van der Waals surface area (Å²) < 4.78 is 8.24. The van der Waals surface area contributed by atoms with Gasteiger partial charge >= 0.3 is 0 Å². The maximum absolute atomic E-state index is 10.8. The van der Waals surface area contributed by atoms with Crippen LogP contribution in [0.25, 0.3) is 93.2 Å². The van der Waals surface area contributed by atoms with Crippen molar-refractivity contribution in [1.82, 2.24) is 9.55 Å². The van der Waals surface area contributed by atoms with Gasteiger partial charge in [-0.3, -0.25) is 4.57 Å². The fourth-order valence-electron chi connectivity index (χ4n) is 8.08. The van der Waals surface area contributed by atoms with Crippen molar-refractivity contribution in [1.29, 1.82) is 0 Å². The number of hydrogen-bond donors (Lipinski definition) is 2. The van der Waals surface area contributed by atoms with Gasteiger partial charge in [-0.05, 0) is 103 Å². The first-order chi connectivity index (χ1) is 25.7. The van der Waals surface area contributed by atoms with E-state index in [2.05, 4.69) is 120 Å². The van der Waals surface area contributed by atoms with Crippen LogP contribution in [0.3, 0.4) is 0 Å². The minimum Gasteiger partial charge on any atom is -0.456 e. The lowest BCUT2D eigenvalue weighted by Gasteiger charge is -2.36. The van der Waals surface area contributed by atoms with E-state index in [9.17, 15) is 10.2 Å². The Balaban J connectivity index is 1.16. The number of furan rings is 1. The number of para-hydroxylation sites is 3. The molecular formula is C45H33B3N2O3. The molecule has 0 saturated heterocycles. The number of nitrogens with zero attached hydrogens (tertiary/aromatic N) is 2. The normalized spacial score (nSPS) is 12.6. The molecule has 2 heterocycles. The van der Waals surface area contributed by atoms with Crippen LogP contribution in [0.2, 0.25) is 0 Å². The molecule has 0 aliphatic heterocycles. The Hall–Kier alpha value is -6.08. The second kappa shape index (κ2) is 11.5. The molecule has 2 aromatic heterocycles. The molecule has 0 atom stereocenters. The summed E-state index contributed by atoms with van der Waals surface area (Å²) in [5.41, 5.74) is 7.15. The van der Waals surface area contributed by atoms with E-state index in [0.717, 1.165) is 60.6 Å². The maximum atomic E-state index is 10.8. The van der Waals surface area contributed by atoms with Crippen LogP contribution in [-0.4, -0.2) is 49.0 Å². The molecule has 0 bridgehead atoms. The summed E-state index contributed by atoms with van der Waals surface area (Å²) >= 11 is 0. The molecule has 0 spiro atoms. The van der Waals surface area contributed by atoms with Gasteiger partial charge in [-0.15, -0.1) is 0 Å². The Bertz CT molecular complexity index is 3050. The average molecular weight is 682 g/mol. The molecule has 0 radical (unpaired) electrons. The van der Waals surface area contributed by atoms with Gasteiger partial charge in [0.2, 0.25) is 0 Å². The van der Waals surface area contributed by atoms with Crippen molar-refractivity contribution >= 4 is 88.8 Å². The number of fused-ring (bicyclic) bond motifs is 7. The molecule has 0 saturated carbocycles. The number of aromatic nitrogens is 2. The Labute approximate surface area is 308 Å². The van der Waals surface area contributed by atoms with Crippen molar-refractivity contribution in [3.05, 3.63) is 157 Å². The van der Waals surface area contributed by atoms with Gasteiger partial charge in [0.1, 0.15) is 38.4 Å². The Morgan fingerprint density at radius 2 is 1.04 bits per heavy atom. The first-order valence-corrected chi connectivity index (χ1v) is 18.0. The van der Waals surface area contributed by atoms with Crippen molar-refractivity contribution in [3.63, 3.8) is 0 Å². The summed E-state index contributed by atoms with van der Waals surface area (Å²) in [4.78, 5) is 4.91. The third kappa shape index (κ3) is 4.80. The van der Waals surface area contributed by atoms with E-state index in [-0.39, 0.29) is 0 Å². The molecular weight excluding hydrogens is 649 g/mol. The predicted octanol–water partition coefficient (Wildman–Crippen LogP) is 7.41. The molecule has 0 aliphatic carbocycles. The van der Waals surface area contributed by atoms with Crippen LogP contribution in [0.1, 0.15) is 5.82 Å². The fourth-order valence-corrected chi connectivity index (χ4v) is 8.08. The Morgan fingerprint density at radius 1 is 0.509 bits per heavy atom.